The molecular formula is C17H15NO. The summed E-state index contributed by atoms with van der Waals surface area (Å²) in [5.74, 6) is 0. The van der Waals surface area contributed by atoms with E-state index < -0.39 is 0 Å². The van der Waals surface area contributed by atoms with Crippen molar-refractivity contribution in [2.24, 2.45) is 4.99 Å². The van der Waals surface area contributed by atoms with Crippen LogP contribution in [0.1, 0.15) is 11.1 Å². The van der Waals surface area contributed by atoms with E-state index in [1.54, 1.807) is 6.08 Å². The molecule has 2 heteroatoms. The molecule has 0 aliphatic carbocycles. The van der Waals surface area contributed by atoms with Crippen LogP contribution >= 0.6 is 0 Å². The van der Waals surface area contributed by atoms with Crippen molar-refractivity contribution in [3.05, 3.63) is 84.6 Å². The molecule has 0 fully saturated rings. The maximum absolute atomic E-state index is 9.65. The topological polar surface area (TPSA) is 29.4 Å². The molecule has 0 saturated carbocycles. The highest BCUT2D eigenvalue weighted by Gasteiger charge is 1.79. The molecule has 0 heterocycles. The van der Waals surface area contributed by atoms with Crippen molar-refractivity contribution < 1.29 is 4.79 Å². The summed E-state index contributed by atoms with van der Waals surface area (Å²) in [4.78, 5) is 12.9. The number of nitrogens with zero attached hydrogens (tertiary/aromatic N) is 1. The summed E-state index contributed by atoms with van der Waals surface area (Å²) in [6.45, 7) is 3.63. The van der Waals surface area contributed by atoms with Gasteiger partial charge in [-0.1, -0.05) is 73.3 Å². The average Bonchev–Trinajstić information content (AvgIpc) is 2.50. The third-order valence-electron chi connectivity index (χ3n) is 2.23. The predicted octanol–water partition coefficient (Wildman–Crippen LogP) is 4.32. The van der Waals surface area contributed by atoms with Gasteiger partial charge in [-0.05, 0) is 17.2 Å². The smallest absolute Gasteiger partial charge is 0.211 e. The van der Waals surface area contributed by atoms with Crippen molar-refractivity contribution in [1.29, 1.82) is 0 Å². The first-order valence-electron chi connectivity index (χ1n) is 5.83. The second kappa shape index (κ2) is 9.34. The number of benzene rings is 2. The Labute approximate surface area is 113 Å². The second-order valence-electron chi connectivity index (χ2n) is 3.56. The van der Waals surface area contributed by atoms with Gasteiger partial charge in [0, 0.05) is 6.20 Å². The fourth-order valence-electron chi connectivity index (χ4n) is 1.31. The molecule has 0 radical (unpaired) electrons. The Morgan fingerprint density at radius 1 is 0.895 bits per heavy atom. The SMILES string of the molecule is C=Cc1ccccc1.O=C=NC=Cc1ccccc1. The molecule has 0 bridgehead atoms. The van der Waals surface area contributed by atoms with Crippen molar-refractivity contribution in [3.63, 3.8) is 0 Å². The van der Waals surface area contributed by atoms with Gasteiger partial charge in [0.1, 0.15) is 0 Å². The molecule has 0 aliphatic rings. The van der Waals surface area contributed by atoms with Gasteiger partial charge in [-0.25, -0.2) is 4.79 Å². The van der Waals surface area contributed by atoms with E-state index in [0.717, 1.165) is 5.56 Å². The first-order valence-corrected chi connectivity index (χ1v) is 5.83. The summed E-state index contributed by atoms with van der Waals surface area (Å²) in [6.07, 6.45) is 6.42. The Morgan fingerprint density at radius 2 is 1.42 bits per heavy atom. The van der Waals surface area contributed by atoms with Gasteiger partial charge < -0.3 is 0 Å². The molecule has 2 aromatic carbocycles. The number of isocyanates is 1. The Bertz CT molecular complexity index is 552. The van der Waals surface area contributed by atoms with Gasteiger partial charge in [-0.15, -0.1) is 0 Å². The lowest BCUT2D eigenvalue weighted by Crippen LogP contribution is -1.66. The fourth-order valence-corrected chi connectivity index (χ4v) is 1.31. The van der Waals surface area contributed by atoms with Crippen LogP contribution in [0, 0.1) is 0 Å². The van der Waals surface area contributed by atoms with E-state index in [9.17, 15) is 4.79 Å². The van der Waals surface area contributed by atoms with Crippen molar-refractivity contribution in [2.45, 2.75) is 0 Å². The highest BCUT2D eigenvalue weighted by molar-refractivity contribution is 5.50. The van der Waals surface area contributed by atoms with Crippen LogP contribution in [-0.4, -0.2) is 6.08 Å². The fraction of sp³-hybridized carbons (Fsp3) is 0. The Balaban J connectivity index is 0.000000200. The van der Waals surface area contributed by atoms with Crippen LogP contribution in [0.4, 0.5) is 0 Å². The average molecular weight is 249 g/mol. The van der Waals surface area contributed by atoms with Gasteiger partial charge in [0.25, 0.3) is 0 Å². The maximum atomic E-state index is 9.65. The lowest BCUT2D eigenvalue weighted by molar-refractivity contribution is 0.565. The van der Waals surface area contributed by atoms with E-state index in [-0.39, 0.29) is 0 Å². The molecule has 0 amide bonds. The van der Waals surface area contributed by atoms with Crippen LogP contribution < -0.4 is 0 Å². The number of hydrogen-bond donors (Lipinski definition) is 0. The van der Waals surface area contributed by atoms with Gasteiger partial charge in [0.2, 0.25) is 6.08 Å². The largest absolute Gasteiger partial charge is 0.239 e. The lowest BCUT2D eigenvalue weighted by atomic mass is 10.2. The number of rotatable bonds is 3. The molecule has 0 aromatic heterocycles. The standard InChI is InChI=1S/C9H7NO.C8H8/c11-8-10-7-6-9-4-2-1-3-5-9;1-2-8-6-4-3-5-7-8/h1-7H;2-7H,1H2. The van der Waals surface area contributed by atoms with E-state index in [4.69, 9.17) is 0 Å². The molecule has 0 aliphatic heterocycles. The third-order valence-corrected chi connectivity index (χ3v) is 2.23. The van der Waals surface area contributed by atoms with Gasteiger partial charge in [-0.3, -0.25) is 0 Å². The highest BCUT2D eigenvalue weighted by atomic mass is 16.1. The normalized spacial score (nSPS) is 9.05. The summed E-state index contributed by atoms with van der Waals surface area (Å²) < 4.78 is 0. The molecular weight excluding hydrogens is 234 g/mol. The summed E-state index contributed by atoms with van der Waals surface area (Å²) >= 11 is 0. The Hall–Kier alpha value is -2.70. The van der Waals surface area contributed by atoms with Crippen LogP contribution in [0.2, 0.25) is 0 Å². The lowest BCUT2D eigenvalue weighted by Gasteiger charge is -1.86. The zero-order valence-electron chi connectivity index (χ0n) is 10.6. The van der Waals surface area contributed by atoms with E-state index in [1.165, 1.54) is 17.8 Å². The molecule has 2 nitrogen and oxygen atoms in total. The number of carbonyl (C=O) groups excluding carboxylic acids is 1. The Morgan fingerprint density at radius 3 is 1.84 bits per heavy atom. The van der Waals surface area contributed by atoms with Gasteiger partial charge in [0.15, 0.2) is 0 Å². The minimum atomic E-state index is 1.02. The van der Waals surface area contributed by atoms with Gasteiger partial charge >= 0.3 is 0 Å². The van der Waals surface area contributed by atoms with Gasteiger partial charge in [-0.2, -0.15) is 4.99 Å². The summed E-state index contributed by atoms with van der Waals surface area (Å²) in [6, 6.07) is 19.7. The molecule has 19 heavy (non-hydrogen) atoms. The molecule has 0 saturated heterocycles. The molecule has 0 unspecified atom stereocenters. The molecule has 0 N–H and O–H groups in total. The van der Waals surface area contributed by atoms with Crippen LogP contribution in [0.25, 0.3) is 12.2 Å². The van der Waals surface area contributed by atoms with Crippen molar-refractivity contribution >= 4 is 18.2 Å². The van der Waals surface area contributed by atoms with E-state index in [1.807, 2.05) is 66.7 Å². The molecule has 2 aromatic rings. The zero-order valence-corrected chi connectivity index (χ0v) is 10.6. The monoisotopic (exact) mass is 249 g/mol. The Kier molecular flexibility index (Phi) is 7.06. The summed E-state index contributed by atoms with van der Waals surface area (Å²) in [5, 5.41) is 0. The van der Waals surface area contributed by atoms with E-state index in [2.05, 4.69) is 11.6 Å². The minimum absolute atomic E-state index is 1.02. The second-order valence-corrected chi connectivity index (χ2v) is 3.56. The van der Waals surface area contributed by atoms with Gasteiger partial charge in [0.05, 0.1) is 0 Å². The first-order chi connectivity index (χ1) is 9.36. The summed E-state index contributed by atoms with van der Waals surface area (Å²) in [5.41, 5.74) is 2.19. The van der Waals surface area contributed by atoms with Crippen LogP contribution in [0.3, 0.4) is 0 Å². The van der Waals surface area contributed by atoms with Crippen molar-refractivity contribution in [2.75, 3.05) is 0 Å². The summed E-state index contributed by atoms with van der Waals surface area (Å²) in [7, 11) is 0. The quantitative estimate of drug-likeness (QED) is 0.588. The first kappa shape index (κ1) is 14.4. The molecule has 2 rings (SSSR count). The zero-order chi connectivity index (χ0) is 13.8. The van der Waals surface area contributed by atoms with Crippen LogP contribution in [0.15, 0.2) is 78.4 Å². The predicted molar refractivity (Wildman–Crippen MR) is 80.1 cm³/mol. The van der Waals surface area contributed by atoms with Crippen LogP contribution in [-0.2, 0) is 4.79 Å². The van der Waals surface area contributed by atoms with Crippen molar-refractivity contribution in [3.8, 4) is 0 Å². The number of aliphatic imine (C=N–C) groups is 1. The molecule has 0 atom stereocenters. The minimum Gasteiger partial charge on any atom is -0.211 e. The van der Waals surface area contributed by atoms with E-state index in [0.29, 0.717) is 0 Å². The van der Waals surface area contributed by atoms with Crippen LogP contribution in [0.5, 0.6) is 0 Å². The highest BCUT2D eigenvalue weighted by Crippen LogP contribution is 2.00. The molecule has 94 valence electrons. The molecule has 0 spiro atoms. The third kappa shape index (κ3) is 6.57. The maximum Gasteiger partial charge on any atom is 0.239 e. The van der Waals surface area contributed by atoms with Crippen molar-refractivity contribution in [1.82, 2.24) is 0 Å². The van der Waals surface area contributed by atoms with E-state index >= 15 is 0 Å². The number of hydrogen-bond acceptors (Lipinski definition) is 2.